The molecule has 0 unspecified atom stereocenters. The highest BCUT2D eigenvalue weighted by molar-refractivity contribution is 7.91. The molecule has 118 valence electrons. The fourth-order valence-corrected chi connectivity index (χ4v) is 5.46. The van der Waals surface area contributed by atoms with E-state index in [-0.39, 0.29) is 11.3 Å². The van der Waals surface area contributed by atoms with Gasteiger partial charge in [0.05, 0.1) is 10.9 Å². The van der Waals surface area contributed by atoms with Crippen LogP contribution in [-0.2, 0) is 9.84 Å². The van der Waals surface area contributed by atoms with E-state index in [0.717, 1.165) is 44.9 Å². The second-order valence-electron chi connectivity index (χ2n) is 7.19. The Balaban J connectivity index is 1.99. The van der Waals surface area contributed by atoms with Gasteiger partial charge in [0.2, 0.25) is 0 Å². The molecular weight excluding hydrogens is 274 g/mol. The SMILES string of the molecule is CC1CCC(O)(CN(C)[C@@H]2CCC[C@H]2S(C)(=O)=O)CC1. The first-order valence-electron chi connectivity index (χ1n) is 7.83. The predicted molar refractivity (Wildman–Crippen MR) is 81.5 cm³/mol. The van der Waals surface area contributed by atoms with E-state index in [1.807, 2.05) is 7.05 Å². The third-order valence-corrected chi connectivity index (χ3v) is 6.93. The van der Waals surface area contributed by atoms with Gasteiger partial charge in [-0.05, 0) is 51.5 Å². The third-order valence-electron chi connectivity index (χ3n) is 5.28. The average molecular weight is 303 g/mol. The van der Waals surface area contributed by atoms with Crippen LogP contribution in [0.15, 0.2) is 0 Å². The Labute approximate surface area is 123 Å². The summed E-state index contributed by atoms with van der Waals surface area (Å²) in [4.78, 5) is 2.11. The molecule has 0 amide bonds. The van der Waals surface area contributed by atoms with Gasteiger partial charge >= 0.3 is 0 Å². The number of likely N-dealkylation sites (N-methyl/N-ethyl adjacent to an activating group) is 1. The molecule has 0 aromatic rings. The lowest BCUT2D eigenvalue weighted by Gasteiger charge is -2.40. The van der Waals surface area contributed by atoms with E-state index in [2.05, 4.69) is 11.8 Å². The van der Waals surface area contributed by atoms with Gasteiger partial charge in [-0.2, -0.15) is 0 Å². The molecule has 2 saturated carbocycles. The Morgan fingerprint density at radius 3 is 2.35 bits per heavy atom. The van der Waals surface area contributed by atoms with Crippen molar-refractivity contribution in [3.05, 3.63) is 0 Å². The molecule has 0 aromatic heterocycles. The van der Waals surface area contributed by atoms with E-state index in [1.54, 1.807) is 0 Å². The van der Waals surface area contributed by atoms with Crippen LogP contribution in [0.3, 0.4) is 0 Å². The van der Waals surface area contributed by atoms with E-state index in [0.29, 0.717) is 12.5 Å². The Hall–Kier alpha value is -0.130. The summed E-state index contributed by atoms with van der Waals surface area (Å²) in [5, 5.41) is 10.5. The standard InChI is InChI=1S/C15H29NO3S/c1-12-7-9-15(17,10-8-12)11-16(2)13-5-4-6-14(13)20(3,18)19/h12-14,17H,4-11H2,1-3H3/t12?,13-,14-,15?/m1/s1. The van der Waals surface area contributed by atoms with Crippen molar-refractivity contribution in [2.45, 2.75) is 68.8 Å². The Morgan fingerprint density at radius 1 is 1.20 bits per heavy atom. The van der Waals surface area contributed by atoms with Gasteiger partial charge in [-0.25, -0.2) is 8.42 Å². The lowest BCUT2D eigenvalue weighted by molar-refractivity contribution is -0.0370. The van der Waals surface area contributed by atoms with E-state index in [9.17, 15) is 13.5 Å². The third kappa shape index (κ3) is 3.74. The highest BCUT2D eigenvalue weighted by atomic mass is 32.2. The smallest absolute Gasteiger partial charge is 0.151 e. The maximum Gasteiger partial charge on any atom is 0.151 e. The minimum atomic E-state index is -2.99. The van der Waals surface area contributed by atoms with Crippen LogP contribution in [0.1, 0.15) is 51.9 Å². The maximum atomic E-state index is 11.9. The summed E-state index contributed by atoms with van der Waals surface area (Å²) in [6.45, 7) is 2.84. The zero-order valence-electron chi connectivity index (χ0n) is 13.0. The van der Waals surface area contributed by atoms with Crippen LogP contribution in [0, 0.1) is 5.92 Å². The second-order valence-corrected chi connectivity index (χ2v) is 9.45. The molecular formula is C15H29NO3S. The van der Waals surface area contributed by atoms with Crippen LogP contribution >= 0.6 is 0 Å². The van der Waals surface area contributed by atoms with Crippen LogP contribution in [0.2, 0.25) is 0 Å². The lowest BCUT2D eigenvalue weighted by atomic mass is 9.79. The normalized spacial score (nSPS) is 39.4. The number of hydrogen-bond acceptors (Lipinski definition) is 4. The summed E-state index contributed by atoms with van der Waals surface area (Å²) in [6, 6.07) is 0.0772. The minimum Gasteiger partial charge on any atom is -0.389 e. The molecule has 0 aromatic carbocycles. The van der Waals surface area contributed by atoms with Gasteiger partial charge < -0.3 is 5.11 Å². The first-order chi connectivity index (χ1) is 9.21. The monoisotopic (exact) mass is 303 g/mol. The Morgan fingerprint density at radius 2 is 1.80 bits per heavy atom. The van der Waals surface area contributed by atoms with Gasteiger partial charge in [-0.1, -0.05) is 13.3 Å². The van der Waals surface area contributed by atoms with Crippen molar-refractivity contribution >= 4 is 9.84 Å². The van der Waals surface area contributed by atoms with Crippen LogP contribution in [0.5, 0.6) is 0 Å². The summed E-state index contributed by atoms with van der Waals surface area (Å²) >= 11 is 0. The first-order valence-corrected chi connectivity index (χ1v) is 9.78. The minimum absolute atomic E-state index is 0.0772. The second kappa shape index (κ2) is 5.93. The average Bonchev–Trinajstić information content (AvgIpc) is 2.82. The largest absolute Gasteiger partial charge is 0.389 e. The maximum absolute atomic E-state index is 11.9. The molecule has 0 bridgehead atoms. The molecule has 2 aliphatic rings. The summed E-state index contributed by atoms with van der Waals surface area (Å²) in [7, 11) is -1.01. The number of nitrogens with zero attached hydrogens (tertiary/aromatic N) is 1. The zero-order chi connectivity index (χ0) is 15.0. The molecule has 20 heavy (non-hydrogen) atoms. The van der Waals surface area contributed by atoms with Gasteiger partial charge in [0.1, 0.15) is 0 Å². The molecule has 1 N–H and O–H groups in total. The molecule has 0 spiro atoms. The fraction of sp³-hybridized carbons (Fsp3) is 1.00. The summed E-state index contributed by atoms with van der Waals surface area (Å²) in [5.41, 5.74) is -0.619. The van der Waals surface area contributed by atoms with Crippen molar-refractivity contribution in [2.75, 3.05) is 19.8 Å². The fourth-order valence-electron chi connectivity index (χ4n) is 3.95. The van der Waals surface area contributed by atoms with E-state index in [1.165, 1.54) is 6.26 Å². The summed E-state index contributed by atoms with van der Waals surface area (Å²) in [6.07, 6.45) is 7.85. The van der Waals surface area contributed by atoms with Crippen LogP contribution in [0.4, 0.5) is 0 Å². The van der Waals surface area contributed by atoms with Crippen molar-refractivity contribution in [2.24, 2.45) is 5.92 Å². The highest BCUT2D eigenvalue weighted by Crippen LogP contribution is 2.35. The molecule has 0 radical (unpaired) electrons. The van der Waals surface area contributed by atoms with Crippen molar-refractivity contribution in [1.29, 1.82) is 0 Å². The molecule has 2 rings (SSSR count). The van der Waals surface area contributed by atoms with Gasteiger partial charge in [0.25, 0.3) is 0 Å². The number of hydrogen-bond donors (Lipinski definition) is 1. The molecule has 4 nitrogen and oxygen atoms in total. The van der Waals surface area contributed by atoms with Gasteiger partial charge in [-0.3, -0.25) is 4.90 Å². The number of rotatable bonds is 4. The first kappa shape index (κ1) is 16.2. The molecule has 0 saturated heterocycles. The van der Waals surface area contributed by atoms with Crippen molar-refractivity contribution < 1.29 is 13.5 Å². The Bertz CT molecular complexity index is 426. The molecule has 2 aliphatic carbocycles. The highest BCUT2D eigenvalue weighted by Gasteiger charge is 2.40. The molecule has 0 aliphatic heterocycles. The molecule has 2 fully saturated rings. The quantitative estimate of drug-likeness (QED) is 0.861. The van der Waals surface area contributed by atoms with Gasteiger partial charge in [0, 0.05) is 18.8 Å². The van der Waals surface area contributed by atoms with Crippen LogP contribution < -0.4 is 0 Å². The molecule has 2 atom stereocenters. The van der Waals surface area contributed by atoms with Crippen molar-refractivity contribution in [3.63, 3.8) is 0 Å². The van der Waals surface area contributed by atoms with Gasteiger partial charge in [0.15, 0.2) is 9.84 Å². The van der Waals surface area contributed by atoms with Crippen LogP contribution in [0.25, 0.3) is 0 Å². The van der Waals surface area contributed by atoms with Crippen molar-refractivity contribution in [3.8, 4) is 0 Å². The predicted octanol–water partition coefficient (Wildman–Crippen LogP) is 1.83. The van der Waals surface area contributed by atoms with E-state index < -0.39 is 15.4 Å². The number of aliphatic hydroxyl groups is 1. The van der Waals surface area contributed by atoms with Crippen molar-refractivity contribution in [1.82, 2.24) is 4.90 Å². The van der Waals surface area contributed by atoms with Crippen LogP contribution in [-0.4, -0.2) is 55.2 Å². The zero-order valence-corrected chi connectivity index (χ0v) is 13.8. The van der Waals surface area contributed by atoms with E-state index >= 15 is 0 Å². The number of sulfone groups is 1. The topological polar surface area (TPSA) is 57.6 Å². The Kier molecular flexibility index (Phi) is 4.82. The molecule has 5 heteroatoms. The molecule has 0 heterocycles. The summed E-state index contributed by atoms with van der Waals surface area (Å²) in [5.74, 6) is 0.704. The van der Waals surface area contributed by atoms with Gasteiger partial charge in [-0.15, -0.1) is 0 Å². The lowest BCUT2D eigenvalue weighted by Crippen LogP contribution is -2.50. The summed E-state index contributed by atoms with van der Waals surface area (Å²) < 4.78 is 23.7. The van der Waals surface area contributed by atoms with E-state index in [4.69, 9.17) is 0 Å².